The van der Waals surface area contributed by atoms with Gasteiger partial charge in [-0.1, -0.05) is 24.6 Å². The van der Waals surface area contributed by atoms with Gasteiger partial charge < -0.3 is 10.4 Å². The molecule has 0 saturated carbocycles. The van der Waals surface area contributed by atoms with Crippen LogP contribution < -0.4 is 5.32 Å². The molecule has 1 amide bonds. The van der Waals surface area contributed by atoms with E-state index in [0.29, 0.717) is 19.3 Å². The Morgan fingerprint density at radius 2 is 1.88 bits per heavy atom. The van der Waals surface area contributed by atoms with Gasteiger partial charge in [-0.2, -0.15) is 4.31 Å². The molecule has 1 heterocycles. The smallest absolute Gasteiger partial charge is 0.243 e. The highest BCUT2D eigenvalue weighted by Gasteiger charge is 2.37. The van der Waals surface area contributed by atoms with E-state index in [0.717, 1.165) is 18.2 Å². The van der Waals surface area contributed by atoms with Gasteiger partial charge in [0.15, 0.2) is 0 Å². The first kappa shape index (κ1) is 18.3. The van der Waals surface area contributed by atoms with Crippen molar-refractivity contribution in [2.24, 2.45) is 0 Å². The van der Waals surface area contributed by atoms with Crippen LogP contribution in [0.3, 0.4) is 0 Å². The fourth-order valence-electron chi connectivity index (χ4n) is 3.01. The van der Waals surface area contributed by atoms with Crippen molar-refractivity contribution in [3.05, 3.63) is 54.3 Å². The quantitative estimate of drug-likeness (QED) is 0.801. The predicted octanol–water partition coefficient (Wildman–Crippen LogP) is 2.71. The van der Waals surface area contributed by atoms with Crippen LogP contribution in [0.1, 0.15) is 19.3 Å². The number of halogens is 1. The van der Waals surface area contributed by atoms with E-state index in [9.17, 15) is 22.7 Å². The standard InChI is InChI=1S/C18H19FN2O4S/c19-13-9-10-17(22)15(12-13)20-18(23)16-8-4-5-11-21(16)26(24,25)14-6-2-1-3-7-14/h1-3,6-7,9-10,12,16,22H,4-5,8,11H2,(H,20,23)/t16-/m0/s1. The molecule has 2 aromatic carbocycles. The summed E-state index contributed by atoms with van der Waals surface area (Å²) in [5, 5.41) is 12.2. The topological polar surface area (TPSA) is 86.7 Å². The molecule has 3 rings (SSSR count). The third-order valence-electron chi connectivity index (χ3n) is 4.32. The first-order valence-corrected chi connectivity index (χ1v) is 9.70. The highest BCUT2D eigenvalue weighted by Crippen LogP contribution is 2.28. The van der Waals surface area contributed by atoms with Crippen LogP contribution in [0.15, 0.2) is 53.4 Å². The van der Waals surface area contributed by atoms with Gasteiger partial charge in [-0.05, 0) is 37.1 Å². The minimum atomic E-state index is -3.83. The summed E-state index contributed by atoms with van der Waals surface area (Å²) in [6.07, 6.45) is 1.71. The Kier molecular flexibility index (Phi) is 5.24. The summed E-state index contributed by atoms with van der Waals surface area (Å²) in [4.78, 5) is 12.8. The average Bonchev–Trinajstić information content (AvgIpc) is 2.65. The molecule has 0 spiro atoms. The van der Waals surface area contributed by atoms with Crippen LogP contribution in [-0.4, -0.2) is 36.3 Å². The van der Waals surface area contributed by atoms with Crippen LogP contribution in [0.25, 0.3) is 0 Å². The number of sulfonamides is 1. The minimum Gasteiger partial charge on any atom is -0.506 e. The highest BCUT2D eigenvalue weighted by atomic mass is 32.2. The van der Waals surface area contributed by atoms with Crippen LogP contribution >= 0.6 is 0 Å². The SMILES string of the molecule is O=C(Nc1cc(F)ccc1O)[C@@H]1CCCCN1S(=O)(=O)c1ccccc1. The van der Waals surface area contributed by atoms with Gasteiger partial charge in [0.05, 0.1) is 10.6 Å². The molecule has 0 bridgehead atoms. The predicted molar refractivity (Wildman–Crippen MR) is 94.7 cm³/mol. The number of carbonyl (C=O) groups is 1. The van der Waals surface area contributed by atoms with Crippen molar-refractivity contribution in [3.63, 3.8) is 0 Å². The molecule has 0 aliphatic carbocycles. The maximum atomic E-state index is 13.4. The molecule has 1 fully saturated rings. The Bertz CT molecular complexity index is 903. The number of amides is 1. The lowest BCUT2D eigenvalue weighted by Crippen LogP contribution is -2.49. The zero-order chi connectivity index (χ0) is 18.7. The van der Waals surface area contributed by atoms with Crippen LogP contribution in [0.4, 0.5) is 10.1 Å². The van der Waals surface area contributed by atoms with E-state index >= 15 is 0 Å². The van der Waals surface area contributed by atoms with Gasteiger partial charge in [-0.15, -0.1) is 0 Å². The zero-order valence-corrected chi connectivity index (χ0v) is 14.7. The lowest BCUT2D eigenvalue weighted by Gasteiger charge is -2.33. The number of hydrogen-bond donors (Lipinski definition) is 2. The molecule has 2 aromatic rings. The molecule has 26 heavy (non-hydrogen) atoms. The van der Waals surface area contributed by atoms with E-state index in [2.05, 4.69) is 5.32 Å². The molecule has 1 aliphatic heterocycles. The average molecular weight is 378 g/mol. The van der Waals surface area contributed by atoms with E-state index in [1.54, 1.807) is 18.2 Å². The maximum absolute atomic E-state index is 13.4. The van der Waals surface area contributed by atoms with E-state index in [-0.39, 0.29) is 22.9 Å². The number of nitrogens with one attached hydrogen (secondary N) is 1. The lowest BCUT2D eigenvalue weighted by molar-refractivity contribution is -0.120. The minimum absolute atomic E-state index is 0.0855. The second-order valence-corrected chi connectivity index (χ2v) is 7.98. The number of phenols is 1. The van der Waals surface area contributed by atoms with Gasteiger partial charge in [0.25, 0.3) is 0 Å². The highest BCUT2D eigenvalue weighted by molar-refractivity contribution is 7.89. The van der Waals surface area contributed by atoms with Crippen molar-refractivity contribution < 1.29 is 22.7 Å². The van der Waals surface area contributed by atoms with Crippen molar-refractivity contribution in [1.29, 1.82) is 0 Å². The molecule has 138 valence electrons. The van der Waals surface area contributed by atoms with Gasteiger partial charge in [0.2, 0.25) is 15.9 Å². The van der Waals surface area contributed by atoms with Crippen molar-refractivity contribution in [1.82, 2.24) is 4.31 Å². The second-order valence-electron chi connectivity index (χ2n) is 6.09. The molecule has 0 aromatic heterocycles. The summed E-state index contributed by atoms with van der Waals surface area (Å²) in [6, 6.07) is 10.2. The zero-order valence-electron chi connectivity index (χ0n) is 13.9. The molecule has 1 aliphatic rings. The van der Waals surface area contributed by atoms with Crippen LogP contribution in [0.2, 0.25) is 0 Å². The normalized spacial score (nSPS) is 18.4. The fourth-order valence-corrected chi connectivity index (χ4v) is 4.68. The Morgan fingerprint density at radius 3 is 2.62 bits per heavy atom. The van der Waals surface area contributed by atoms with Crippen LogP contribution in [0, 0.1) is 5.82 Å². The molecule has 1 atom stereocenters. The third kappa shape index (κ3) is 3.71. The number of piperidine rings is 1. The number of carbonyl (C=O) groups excluding carboxylic acids is 1. The fraction of sp³-hybridized carbons (Fsp3) is 0.278. The van der Waals surface area contributed by atoms with Gasteiger partial charge in [0.1, 0.15) is 17.6 Å². The van der Waals surface area contributed by atoms with Gasteiger partial charge >= 0.3 is 0 Å². The van der Waals surface area contributed by atoms with Crippen molar-refractivity contribution in [3.8, 4) is 5.75 Å². The summed E-state index contributed by atoms with van der Waals surface area (Å²) in [6.45, 7) is 0.227. The number of aromatic hydroxyl groups is 1. The summed E-state index contributed by atoms with van der Waals surface area (Å²) >= 11 is 0. The molecular weight excluding hydrogens is 359 g/mol. The lowest BCUT2D eigenvalue weighted by atomic mass is 10.0. The van der Waals surface area contributed by atoms with Crippen LogP contribution in [0.5, 0.6) is 5.75 Å². The number of hydrogen-bond acceptors (Lipinski definition) is 4. The summed E-state index contributed by atoms with van der Waals surface area (Å²) < 4.78 is 40.4. The largest absolute Gasteiger partial charge is 0.506 e. The van der Waals surface area contributed by atoms with Gasteiger partial charge in [-0.3, -0.25) is 4.79 Å². The molecule has 2 N–H and O–H groups in total. The number of benzene rings is 2. The monoisotopic (exact) mass is 378 g/mol. The van der Waals surface area contributed by atoms with Crippen molar-refractivity contribution in [2.45, 2.75) is 30.2 Å². The Labute approximate surface area is 151 Å². The van der Waals surface area contributed by atoms with E-state index < -0.39 is 27.8 Å². The third-order valence-corrected chi connectivity index (χ3v) is 6.25. The van der Waals surface area contributed by atoms with E-state index in [1.807, 2.05) is 0 Å². The summed E-state index contributed by atoms with van der Waals surface area (Å²) in [5.41, 5.74) is -0.0855. The second kappa shape index (κ2) is 7.43. The van der Waals surface area contributed by atoms with Gasteiger partial charge in [-0.25, -0.2) is 12.8 Å². The van der Waals surface area contributed by atoms with E-state index in [4.69, 9.17) is 0 Å². The Balaban J connectivity index is 1.87. The molecule has 1 saturated heterocycles. The molecular formula is C18H19FN2O4S. The number of rotatable bonds is 4. The molecule has 6 nitrogen and oxygen atoms in total. The van der Waals surface area contributed by atoms with E-state index in [1.165, 1.54) is 16.4 Å². The van der Waals surface area contributed by atoms with Crippen molar-refractivity contribution >= 4 is 21.6 Å². The first-order valence-electron chi connectivity index (χ1n) is 8.26. The Hall–Kier alpha value is -2.45. The van der Waals surface area contributed by atoms with Crippen molar-refractivity contribution in [2.75, 3.05) is 11.9 Å². The van der Waals surface area contributed by atoms with Crippen LogP contribution in [-0.2, 0) is 14.8 Å². The first-order chi connectivity index (χ1) is 12.4. The summed E-state index contributed by atoms with van der Waals surface area (Å²) in [5.74, 6) is -1.49. The number of phenolic OH excluding ortho intramolecular Hbond substituents is 1. The van der Waals surface area contributed by atoms with Gasteiger partial charge in [0, 0.05) is 12.6 Å². The Morgan fingerprint density at radius 1 is 1.15 bits per heavy atom. The number of nitrogens with zero attached hydrogens (tertiary/aromatic N) is 1. The molecule has 0 unspecified atom stereocenters. The summed E-state index contributed by atoms with van der Waals surface area (Å²) in [7, 11) is -3.83. The maximum Gasteiger partial charge on any atom is 0.243 e. The molecule has 8 heteroatoms. The number of anilines is 1. The molecule has 0 radical (unpaired) electrons.